The molecule has 0 fully saturated rings. The molecule has 74 valence electrons. The van der Waals surface area contributed by atoms with Gasteiger partial charge in [-0.15, -0.1) is 21.5 Å². The zero-order valence-corrected chi connectivity index (χ0v) is 8.77. The summed E-state index contributed by atoms with van der Waals surface area (Å²) < 4.78 is 0.807. The van der Waals surface area contributed by atoms with E-state index < -0.39 is 0 Å². The summed E-state index contributed by atoms with van der Waals surface area (Å²) >= 11 is 7.35. The van der Waals surface area contributed by atoms with Crippen LogP contribution in [0.25, 0.3) is 0 Å². The number of H-pyrrole nitrogens is 1. The number of thiophene rings is 1. The Morgan fingerprint density at radius 2 is 2.36 bits per heavy atom. The molecule has 0 aliphatic rings. The standard InChI is InChI=1S/C7H8ClN5S/c8-6-2-1-5(14-6)3-9-4-7-10-12-13-11-7/h1-2,9H,3-4H2,(H,10,11,12,13). The molecule has 0 saturated heterocycles. The van der Waals surface area contributed by atoms with Crippen molar-refractivity contribution in [1.29, 1.82) is 0 Å². The molecule has 7 heteroatoms. The van der Waals surface area contributed by atoms with Gasteiger partial charge in [-0.1, -0.05) is 16.8 Å². The summed E-state index contributed by atoms with van der Waals surface area (Å²) in [6, 6.07) is 3.88. The summed E-state index contributed by atoms with van der Waals surface area (Å²) in [5, 5.41) is 16.7. The van der Waals surface area contributed by atoms with Crippen molar-refractivity contribution in [2.75, 3.05) is 0 Å². The second kappa shape index (κ2) is 4.50. The molecule has 2 N–H and O–H groups in total. The van der Waals surface area contributed by atoms with Gasteiger partial charge in [-0.2, -0.15) is 5.21 Å². The Balaban J connectivity index is 1.78. The Kier molecular flexibility index (Phi) is 3.07. The van der Waals surface area contributed by atoms with Crippen LogP contribution in [0.15, 0.2) is 12.1 Å². The van der Waals surface area contributed by atoms with Gasteiger partial charge in [0.15, 0.2) is 5.82 Å². The fourth-order valence-corrected chi connectivity index (χ4v) is 2.06. The molecule has 0 aliphatic carbocycles. The average Bonchev–Trinajstić information content (AvgIpc) is 2.77. The minimum Gasteiger partial charge on any atom is -0.305 e. The number of hydrogen-bond acceptors (Lipinski definition) is 5. The number of hydrogen-bond donors (Lipinski definition) is 2. The maximum atomic E-state index is 5.79. The van der Waals surface area contributed by atoms with Crippen LogP contribution in [0.1, 0.15) is 10.7 Å². The van der Waals surface area contributed by atoms with Gasteiger partial charge in [0.2, 0.25) is 0 Å². The second-order valence-electron chi connectivity index (χ2n) is 2.64. The molecular formula is C7H8ClN5S. The summed E-state index contributed by atoms with van der Waals surface area (Å²) in [6.07, 6.45) is 0. The van der Waals surface area contributed by atoms with E-state index in [2.05, 4.69) is 25.9 Å². The highest BCUT2D eigenvalue weighted by atomic mass is 35.5. The fourth-order valence-electron chi connectivity index (χ4n) is 1.00. The van der Waals surface area contributed by atoms with E-state index in [1.54, 1.807) is 11.3 Å². The van der Waals surface area contributed by atoms with Gasteiger partial charge in [0.05, 0.1) is 10.9 Å². The molecule has 0 aliphatic heterocycles. The first-order chi connectivity index (χ1) is 6.84. The number of halogens is 1. The third-order valence-corrected chi connectivity index (χ3v) is 2.83. The molecule has 2 rings (SSSR count). The van der Waals surface area contributed by atoms with Crippen molar-refractivity contribution in [3.05, 3.63) is 27.2 Å². The van der Waals surface area contributed by atoms with Crippen LogP contribution in [0, 0.1) is 0 Å². The van der Waals surface area contributed by atoms with Crippen LogP contribution in [0.2, 0.25) is 4.34 Å². The number of rotatable bonds is 4. The van der Waals surface area contributed by atoms with Gasteiger partial charge in [0.1, 0.15) is 0 Å². The minimum atomic E-state index is 0.603. The van der Waals surface area contributed by atoms with Crippen LogP contribution in [0.5, 0.6) is 0 Å². The lowest BCUT2D eigenvalue weighted by Gasteiger charge is -1.97. The summed E-state index contributed by atoms with van der Waals surface area (Å²) in [5.74, 6) is 0.660. The highest BCUT2D eigenvalue weighted by molar-refractivity contribution is 7.16. The van der Waals surface area contributed by atoms with Gasteiger partial charge in [-0.3, -0.25) is 0 Å². The SMILES string of the molecule is Clc1ccc(CNCc2nn[nH]n2)s1. The van der Waals surface area contributed by atoms with Gasteiger partial charge in [-0.05, 0) is 12.1 Å². The lowest BCUT2D eigenvalue weighted by Crippen LogP contribution is -2.12. The van der Waals surface area contributed by atoms with Crippen LogP contribution in [-0.2, 0) is 13.1 Å². The highest BCUT2D eigenvalue weighted by Gasteiger charge is 1.99. The molecule has 2 heterocycles. The van der Waals surface area contributed by atoms with Crippen LogP contribution in [0.4, 0.5) is 0 Å². The highest BCUT2D eigenvalue weighted by Crippen LogP contribution is 2.20. The molecule has 14 heavy (non-hydrogen) atoms. The van der Waals surface area contributed by atoms with Crippen LogP contribution < -0.4 is 5.32 Å². The van der Waals surface area contributed by atoms with Gasteiger partial charge in [-0.25, -0.2) is 0 Å². The third-order valence-electron chi connectivity index (χ3n) is 1.60. The first-order valence-corrected chi connectivity index (χ1v) is 5.21. The Labute approximate surface area is 89.5 Å². The maximum Gasteiger partial charge on any atom is 0.188 e. The largest absolute Gasteiger partial charge is 0.305 e. The van der Waals surface area contributed by atoms with E-state index >= 15 is 0 Å². The van der Waals surface area contributed by atoms with E-state index in [0.717, 1.165) is 10.9 Å². The Hall–Kier alpha value is -0.980. The smallest absolute Gasteiger partial charge is 0.188 e. The minimum absolute atomic E-state index is 0.603. The van der Waals surface area contributed by atoms with Gasteiger partial charge < -0.3 is 5.32 Å². The topological polar surface area (TPSA) is 66.5 Å². The summed E-state index contributed by atoms with van der Waals surface area (Å²) in [5.41, 5.74) is 0. The molecule has 0 bridgehead atoms. The molecule has 2 aromatic rings. The molecule has 0 amide bonds. The molecule has 0 spiro atoms. The monoisotopic (exact) mass is 229 g/mol. The maximum absolute atomic E-state index is 5.79. The zero-order chi connectivity index (χ0) is 9.80. The van der Waals surface area contributed by atoms with Gasteiger partial charge >= 0.3 is 0 Å². The average molecular weight is 230 g/mol. The van der Waals surface area contributed by atoms with Crippen molar-refractivity contribution < 1.29 is 0 Å². The fraction of sp³-hybridized carbons (Fsp3) is 0.286. The predicted octanol–water partition coefficient (Wildman–Crippen LogP) is 1.20. The van der Waals surface area contributed by atoms with E-state index in [9.17, 15) is 0 Å². The third kappa shape index (κ3) is 2.50. The molecule has 0 aromatic carbocycles. The van der Waals surface area contributed by atoms with E-state index in [1.807, 2.05) is 12.1 Å². The Bertz CT molecular complexity index is 384. The number of aromatic amines is 1. The molecule has 0 saturated carbocycles. The number of tetrazole rings is 1. The van der Waals surface area contributed by atoms with Crippen molar-refractivity contribution in [1.82, 2.24) is 25.9 Å². The summed E-state index contributed by atoms with van der Waals surface area (Å²) in [6.45, 7) is 1.37. The Morgan fingerprint density at radius 3 is 3.00 bits per heavy atom. The van der Waals surface area contributed by atoms with Gasteiger partial charge in [0.25, 0.3) is 0 Å². The van der Waals surface area contributed by atoms with Crippen molar-refractivity contribution in [2.45, 2.75) is 13.1 Å². The van der Waals surface area contributed by atoms with Crippen molar-refractivity contribution >= 4 is 22.9 Å². The van der Waals surface area contributed by atoms with Crippen LogP contribution >= 0.6 is 22.9 Å². The van der Waals surface area contributed by atoms with E-state index in [0.29, 0.717) is 12.4 Å². The predicted molar refractivity (Wildman–Crippen MR) is 54.1 cm³/mol. The molecular weight excluding hydrogens is 222 g/mol. The molecule has 2 aromatic heterocycles. The van der Waals surface area contributed by atoms with E-state index in [-0.39, 0.29) is 0 Å². The molecule has 0 unspecified atom stereocenters. The van der Waals surface area contributed by atoms with Crippen LogP contribution in [-0.4, -0.2) is 20.6 Å². The quantitative estimate of drug-likeness (QED) is 0.827. The number of nitrogens with zero attached hydrogens (tertiary/aromatic N) is 3. The van der Waals surface area contributed by atoms with E-state index in [1.165, 1.54) is 4.88 Å². The first-order valence-electron chi connectivity index (χ1n) is 4.02. The molecule has 0 radical (unpaired) electrons. The Morgan fingerprint density at radius 1 is 1.43 bits per heavy atom. The summed E-state index contributed by atoms with van der Waals surface area (Å²) in [7, 11) is 0. The lowest BCUT2D eigenvalue weighted by atomic mass is 10.4. The lowest BCUT2D eigenvalue weighted by molar-refractivity contribution is 0.669. The number of nitrogens with one attached hydrogen (secondary N) is 2. The molecule has 0 atom stereocenters. The zero-order valence-electron chi connectivity index (χ0n) is 7.20. The van der Waals surface area contributed by atoms with E-state index in [4.69, 9.17) is 11.6 Å². The van der Waals surface area contributed by atoms with Crippen molar-refractivity contribution in [3.63, 3.8) is 0 Å². The summed E-state index contributed by atoms with van der Waals surface area (Å²) in [4.78, 5) is 1.19. The normalized spacial score (nSPS) is 10.6. The van der Waals surface area contributed by atoms with Gasteiger partial charge in [0, 0.05) is 11.4 Å². The first kappa shape index (κ1) is 9.57. The number of aromatic nitrogens is 4. The van der Waals surface area contributed by atoms with Crippen LogP contribution in [0.3, 0.4) is 0 Å². The molecule has 5 nitrogen and oxygen atoms in total. The second-order valence-corrected chi connectivity index (χ2v) is 4.44. The van der Waals surface area contributed by atoms with Crippen molar-refractivity contribution in [2.24, 2.45) is 0 Å². The van der Waals surface area contributed by atoms with Crippen molar-refractivity contribution in [3.8, 4) is 0 Å².